The second-order valence-electron chi connectivity index (χ2n) is 7.24. The maximum absolute atomic E-state index is 13.1. The molecule has 1 unspecified atom stereocenters. The van der Waals surface area contributed by atoms with Crippen molar-refractivity contribution in [3.8, 4) is 0 Å². The molecule has 3 rings (SSSR count). The molecule has 1 heterocycles. The number of halogens is 1. The van der Waals surface area contributed by atoms with Crippen LogP contribution < -0.4 is 5.32 Å². The van der Waals surface area contributed by atoms with E-state index in [-0.39, 0.29) is 23.5 Å². The number of likely N-dealkylation sites (tertiary alicyclic amines) is 1. The molecule has 1 atom stereocenters. The van der Waals surface area contributed by atoms with Gasteiger partial charge in [0, 0.05) is 25.2 Å². The van der Waals surface area contributed by atoms with Gasteiger partial charge in [0.2, 0.25) is 5.91 Å². The largest absolute Gasteiger partial charge is 0.352 e. The van der Waals surface area contributed by atoms with Crippen LogP contribution in [0.1, 0.15) is 39.9 Å². The zero-order chi connectivity index (χ0) is 19.4. The zero-order valence-corrected chi connectivity index (χ0v) is 15.8. The lowest BCUT2D eigenvalue weighted by molar-refractivity contribution is -0.126. The van der Waals surface area contributed by atoms with E-state index < -0.39 is 0 Å². The number of hydrogen-bond acceptors (Lipinski definition) is 2. The maximum Gasteiger partial charge on any atom is 0.253 e. The summed E-state index contributed by atoms with van der Waals surface area (Å²) in [7, 11) is 0. The van der Waals surface area contributed by atoms with Crippen molar-refractivity contribution in [1.29, 1.82) is 0 Å². The highest BCUT2D eigenvalue weighted by molar-refractivity contribution is 5.94. The van der Waals surface area contributed by atoms with Gasteiger partial charge in [-0.25, -0.2) is 4.39 Å². The third-order valence-corrected chi connectivity index (χ3v) is 5.12. The summed E-state index contributed by atoms with van der Waals surface area (Å²) >= 11 is 0. The Labute approximate surface area is 159 Å². The highest BCUT2D eigenvalue weighted by Crippen LogP contribution is 2.19. The number of carbonyl (C=O) groups excluding carboxylic acids is 2. The normalized spacial score (nSPS) is 16.9. The number of benzene rings is 2. The molecule has 2 aromatic rings. The van der Waals surface area contributed by atoms with Crippen LogP contribution in [0.25, 0.3) is 0 Å². The molecule has 4 nitrogen and oxygen atoms in total. The molecule has 27 heavy (non-hydrogen) atoms. The number of nitrogens with one attached hydrogen (secondary N) is 1. The van der Waals surface area contributed by atoms with E-state index in [9.17, 15) is 14.0 Å². The lowest BCUT2D eigenvalue weighted by atomic mass is 9.96. The van der Waals surface area contributed by atoms with Crippen LogP contribution in [-0.2, 0) is 11.3 Å². The highest BCUT2D eigenvalue weighted by atomic mass is 19.1. The maximum atomic E-state index is 13.1. The van der Waals surface area contributed by atoms with Crippen LogP contribution in [-0.4, -0.2) is 29.8 Å². The van der Waals surface area contributed by atoms with Crippen molar-refractivity contribution in [2.45, 2.75) is 33.2 Å². The summed E-state index contributed by atoms with van der Waals surface area (Å²) in [6.45, 7) is 5.60. The van der Waals surface area contributed by atoms with Gasteiger partial charge in [-0.1, -0.05) is 23.8 Å². The SMILES string of the molecule is Cc1ccc(CNC(=O)C2CCCN(C(=O)c3ccc(F)cc3)C2)c(C)c1. The van der Waals surface area contributed by atoms with Crippen LogP contribution in [0.2, 0.25) is 0 Å². The lowest BCUT2D eigenvalue weighted by Crippen LogP contribution is -2.45. The third-order valence-electron chi connectivity index (χ3n) is 5.12. The van der Waals surface area contributed by atoms with Crippen LogP contribution >= 0.6 is 0 Å². The van der Waals surface area contributed by atoms with Gasteiger partial charge in [-0.15, -0.1) is 0 Å². The monoisotopic (exact) mass is 368 g/mol. The minimum absolute atomic E-state index is 0.0217. The second-order valence-corrected chi connectivity index (χ2v) is 7.24. The van der Waals surface area contributed by atoms with E-state index in [2.05, 4.69) is 11.4 Å². The minimum Gasteiger partial charge on any atom is -0.352 e. The van der Waals surface area contributed by atoms with Gasteiger partial charge in [-0.05, 0) is 62.1 Å². The van der Waals surface area contributed by atoms with Gasteiger partial charge in [0.05, 0.1) is 5.92 Å². The summed E-state index contributed by atoms with van der Waals surface area (Å²) in [6, 6.07) is 11.7. The topological polar surface area (TPSA) is 49.4 Å². The van der Waals surface area contributed by atoms with E-state index in [1.807, 2.05) is 26.0 Å². The van der Waals surface area contributed by atoms with E-state index >= 15 is 0 Å². The average molecular weight is 368 g/mol. The summed E-state index contributed by atoms with van der Waals surface area (Å²) in [6.07, 6.45) is 1.56. The molecule has 2 amide bonds. The van der Waals surface area contributed by atoms with Gasteiger partial charge in [0.25, 0.3) is 5.91 Å². The van der Waals surface area contributed by atoms with E-state index in [0.717, 1.165) is 24.0 Å². The third kappa shape index (κ3) is 4.73. The number of aryl methyl sites for hydroxylation is 2. The lowest BCUT2D eigenvalue weighted by Gasteiger charge is -2.32. The molecule has 142 valence electrons. The summed E-state index contributed by atoms with van der Waals surface area (Å²) in [5, 5.41) is 3.01. The molecule has 1 N–H and O–H groups in total. The molecule has 5 heteroatoms. The van der Waals surface area contributed by atoms with Crippen LogP contribution in [0.15, 0.2) is 42.5 Å². The zero-order valence-electron chi connectivity index (χ0n) is 15.8. The predicted molar refractivity (Wildman–Crippen MR) is 103 cm³/mol. The Hall–Kier alpha value is -2.69. The van der Waals surface area contributed by atoms with Gasteiger partial charge in [0.1, 0.15) is 5.82 Å². The van der Waals surface area contributed by atoms with Crippen molar-refractivity contribution < 1.29 is 14.0 Å². The van der Waals surface area contributed by atoms with Crippen molar-refractivity contribution in [3.63, 3.8) is 0 Å². The van der Waals surface area contributed by atoms with Crippen molar-refractivity contribution in [3.05, 3.63) is 70.5 Å². The van der Waals surface area contributed by atoms with E-state index in [0.29, 0.717) is 25.2 Å². The van der Waals surface area contributed by atoms with Gasteiger partial charge in [-0.3, -0.25) is 9.59 Å². The molecule has 0 radical (unpaired) electrons. The van der Waals surface area contributed by atoms with Crippen molar-refractivity contribution >= 4 is 11.8 Å². The number of hydrogen-bond donors (Lipinski definition) is 1. The van der Waals surface area contributed by atoms with Crippen LogP contribution in [0.4, 0.5) is 4.39 Å². The van der Waals surface area contributed by atoms with Crippen LogP contribution in [0.5, 0.6) is 0 Å². The smallest absolute Gasteiger partial charge is 0.253 e. The Bertz CT molecular complexity index is 833. The van der Waals surface area contributed by atoms with Gasteiger partial charge >= 0.3 is 0 Å². The van der Waals surface area contributed by atoms with Gasteiger partial charge in [0.15, 0.2) is 0 Å². The van der Waals surface area contributed by atoms with E-state index in [1.54, 1.807) is 4.90 Å². The fraction of sp³-hybridized carbons (Fsp3) is 0.364. The van der Waals surface area contributed by atoms with Crippen LogP contribution in [0, 0.1) is 25.6 Å². The number of nitrogens with zero attached hydrogens (tertiary/aromatic N) is 1. The molecule has 1 saturated heterocycles. The molecule has 0 spiro atoms. The molecule has 1 aliphatic heterocycles. The van der Waals surface area contributed by atoms with Crippen molar-refractivity contribution in [2.24, 2.45) is 5.92 Å². The molecule has 2 aromatic carbocycles. The number of carbonyl (C=O) groups is 2. The fourth-order valence-electron chi connectivity index (χ4n) is 3.52. The molecule has 1 fully saturated rings. The van der Waals surface area contributed by atoms with Crippen molar-refractivity contribution in [1.82, 2.24) is 10.2 Å². The standard InChI is InChI=1S/C22H25FN2O2/c1-15-5-6-18(16(2)12-15)13-24-21(26)19-4-3-11-25(14-19)22(27)17-7-9-20(23)10-8-17/h5-10,12,19H,3-4,11,13-14H2,1-2H3,(H,24,26). The first-order valence-electron chi connectivity index (χ1n) is 9.32. The van der Waals surface area contributed by atoms with E-state index in [1.165, 1.54) is 29.8 Å². The van der Waals surface area contributed by atoms with Gasteiger partial charge < -0.3 is 10.2 Å². The Balaban J connectivity index is 1.59. The van der Waals surface area contributed by atoms with Crippen LogP contribution in [0.3, 0.4) is 0 Å². The second kappa shape index (κ2) is 8.33. The highest BCUT2D eigenvalue weighted by Gasteiger charge is 2.28. The summed E-state index contributed by atoms with van der Waals surface area (Å²) in [4.78, 5) is 26.9. The summed E-state index contributed by atoms with van der Waals surface area (Å²) in [5.41, 5.74) is 3.91. The fourth-order valence-corrected chi connectivity index (χ4v) is 3.52. The van der Waals surface area contributed by atoms with Crippen molar-refractivity contribution in [2.75, 3.05) is 13.1 Å². The number of rotatable bonds is 4. The Kier molecular flexibility index (Phi) is 5.89. The molecule has 0 aromatic heterocycles. The quantitative estimate of drug-likeness (QED) is 0.896. The summed E-state index contributed by atoms with van der Waals surface area (Å²) < 4.78 is 13.1. The van der Waals surface area contributed by atoms with E-state index in [4.69, 9.17) is 0 Å². The molecule has 0 aliphatic carbocycles. The van der Waals surface area contributed by atoms with Gasteiger partial charge in [-0.2, -0.15) is 0 Å². The first-order chi connectivity index (χ1) is 12.9. The summed E-state index contributed by atoms with van der Waals surface area (Å²) in [5.74, 6) is -0.754. The molecular formula is C22H25FN2O2. The number of piperidine rings is 1. The first-order valence-corrected chi connectivity index (χ1v) is 9.32. The molecule has 1 aliphatic rings. The molecule has 0 saturated carbocycles. The Morgan fingerprint density at radius 3 is 2.59 bits per heavy atom. The Morgan fingerprint density at radius 2 is 1.89 bits per heavy atom. The predicted octanol–water partition coefficient (Wildman–Crippen LogP) is 3.61. The molecular weight excluding hydrogens is 343 g/mol. The minimum atomic E-state index is -0.367. The first kappa shape index (κ1) is 19.1. The average Bonchev–Trinajstić information content (AvgIpc) is 2.67. The number of amides is 2. The molecule has 0 bridgehead atoms. The Morgan fingerprint density at radius 1 is 1.15 bits per heavy atom.